The Morgan fingerprint density at radius 1 is 0.972 bits per heavy atom. The molecule has 5 heterocycles. The summed E-state index contributed by atoms with van der Waals surface area (Å²) in [4.78, 5) is 42.1. The number of aliphatic hydroxyl groups excluding tert-OH is 3. The predicted octanol–water partition coefficient (Wildman–Crippen LogP) is 4.55. The summed E-state index contributed by atoms with van der Waals surface area (Å²) in [6.45, 7) is 17.3. The molecule has 5 aliphatic rings. The number of nitrogens with one attached hydrogen (secondary N) is 1. The fourth-order valence-electron chi connectivity index (χ4n) is 11.7. The number of hydrogen-bond acceptors (Lipinski definition) is 19. The standard InChI is InChI=1S/C52H85N5O15/c1-12-39-52(9,64)45(61)30(3)42(59)36-24-51(8,67-28-36)47(31(4)44(32(5)48(63)70-39)71-41-25-50(7,66-11)46(62)33(6)69-41)72-49-43(60)38(22-29(2)68-49)56(10)26-34-18-17-19-35(23-34)37-27-57(55-53-37)21-16-14-13-15-20-40(58)54-65/h17-19,23,29-33,36-39,41,43-47,49,60-62,64-65H,12-16,20-22,24-28H2,1-11H3,(H,54,58)/t29-,30+,31+,32-,33+,36+,37?,38+,39-,41+,43-,44+,45-,46+,47-,49+,50-,51-,52-/m1/s1. The third-order valence-corrected chi connectivity index (χ3v) is 16.3. The van der Waals surface area contributed by atoms with E-state index in [1.165, 1.54) is 14.0 Å². The molecule has 72 heavy (non-hydrogen) atoms. The zero-order valence-corrected chi connectivity index (χ0v) is 44.3. The van der Waals surface area contributed by atoms with Gasteiger partial charge in [0.25, 0.3) is 0 Å². The predicted molar refractivity (Wildman–Crippen MR) is 261 cm³/mol. The van der Waals surface area contributed by atoms with Crippen molar-refractivity contribution in [1.29, 1.82) is 0 Å². The number of cyclic esters (lactones) is 1. The number of likely N-dealkylation sites (N-methyl/N-ethyl adjacent to an activating group) is 1. The summed E-state index contributed by atoms with van der Waals surface area (Å²) in [5.74, 6) is -4.97. The molecule has 0 aliphatic carbocycles. The van der Waals surface area contributed by atoms with Gasteiger partial charge in [-0.15, -0.1) is 0 Å². The molecule has 0 radical (unpaired) electrons. The van der Waals surface area contributed by atoms with Gasteiger partial charge in [-0.2, -0.15) is 5.11 Å². The maximum atomic E-state index is 14.5. The first-order chi connectivity index (χ1) is 34.0. The number of nitrogens with zero attached hydrogens (tertiary/aromatic N) is 4. The fraction of sp³-hybridized carbons (Fsp3) is 0.827. The number of ketones is 1. The van der Waals surface area contributed by atoms with Crippen LogP contribution in [0.25, 0.3) is 0 Å². The smallest absolute Gasteiger partial charge is 0.311 e. The first kappa shape index (κ1) is 58.0. The second-order valence-corrected chi connectivity index (χ2v) is 22.1. The molecular weight excluding hydrogens is 935 g/mol. The second kappa shape index (κ2) is 24.6. The van der Waals surface area contributed by atoms with Gasteiger partial charge in [-0.05, 0) is 91.8 Å². The van der Waals surface area contributed by atoms with Gasteiger partial charge < -0.3 is 53.6 Å². The van der Waals surface area contributed by atoms with Crippen LogP contribution < -0.4 is 5.48 Å². The lowest BCUT2D eigenvalue weighted by atomic mass is 9.75. The number of esters is 1. The van der Waals surface area contributed by atoms with Gasteiger partial charge in [-0.3, -0.25) is 29.5 Å². The molecule has 20 nitrogen and oxygen atoms in total. The van der Waals surface area contributed by atoms with E-state index in [-0.39, 0.29) is 49.7 Å². The SMILES string of the molecule is CC[C@H]1OC(=O)[C@H](C)[C@@H](O[C@H]2C[C@@](C)(OC)[C@@H](O)[C@H](C)O2)[C@H](C)[C@@H](O[C@@H]2O[C@H](C)C[C@H](N(C)Cc3cccc(C4CN(CCCCCCC(=O)NO)N=N4)c3)[C@H]2O)[C@@]2(C)C[C@@H](CO2)C(=O)[C@H](C)[C@@H](O)[C@]1(C)O. The van der Waals surface area contributed by atoms with Crippen molar-refractivity contribution >= 4 is 17.7 Å². The Morgan fingerprint density at radius 3 is 2.39 bits per heavy atom. The van der Waals surface area contributed by atoms with Crippen LogP contribution in [0.15, 0.2) is 34.6 Å². The summed E-state index contributed by atoms with van der Waals surface area (Å²) in [7, 11) is 3.46. The van der Waals surface area contributed by atoms with Crippen LogP contribution in [0.3, 0.4) is 0 Å². The summed E-state index contributed by atoms with van der Waals surface area (Å²) in [5, 5.41) is 66.5. The molecule has 1 aromatic carbocycles. The minimum absolute atomic E-state index is 0.00756. The van der Waals surface area contributed by atoms with E-state index in [9.17, 15) is 34.8 Å². The van der Waals surface area contributed by atoms with Gasteiger partial charge in [0.05, 0.1) is 60.8 Å². The fourth-order valence-corrected chi connectivity index (χ4v) is 11.7. The molecule has 4 saturated heterocycles. The number of fused-ring (bicyclic) bond motifs is 2. The molecule has 2 bridgehead atoms. The lowest BCUT2D eigenvalue weighted by molar-refractivity contribution is -0.317. The van der Waals surface area contributed by atoms with Crippen molar-refractivity contribution in [3.63, 3.8) is 0 Å². The number of benzene rings is 1. The first-order valence-corrected chi connectivity index (χ1v) is 26.2. The van der Waals surface area contributed by atoms with Crippen molar-refractivity contribution < 1.29 is 73.2 Å². The number of hydroxylamine groups is 1. The molecule has 408 valence electrons. The topological polar surface area (TPSA) is 260 Å². The molecule has 1 amide bonds. The normalized spacial score (nSPS) is 41.1. The van der Waals surface area contributed by atoms with Crippen molar-refractivity contribution in [2.24, 2.45) is 34.0 Å². The highest BCUT2D eigenvalue weighted by Gasteiger charge is 2.56. The van der Waals surface area contributed by atoms with Crippen molar-refractivity contribution in [1.82, 2.24) is 15.4 Å². The molecule has 0 aromatic heterocycles. The van der Waals surface area contributed by atoms with Crippen LogP contribution in [0.2, 0.25) is 0 Å². The third-order valence-electron chi connectivity index (χ3n) is 16.3. The van der Waals surface area contributed by atoms with Crippen molar-refractivity contribution in [3.8, 4) is 0 Å². The molecule has 5 aliphatic heterocycles. The van der Waals surface area contributed by atoms with Gasteiger partial charge in [-0.1, -0.05) is 63.1 Å². The summed E-state index contributed by atoms with van der Waals surface area (Å²) >= 11 is 0. The molecule has 4 fully saturated rings. The van der Waals surface area contributed by atoms with Gasteiger partial charge in [-0.25, -0.2) is 5.48 Å². The molecule has 0 spiro atoms. The van der Waals surface area contributed by atoms with E-state index in [4.69, 9.17) is 38.4 Å². The number of aliphatic hydroxyl groups is 4. The lowest BCUT2D eigenvalue weighted by Gasteiger charge is -2.49. The molecular formula is C52H85N5O15. The maximum absolute atomic E-state index is 14.5. The zero-order valence-electron chi connectivity index (χ0n) is 44.3. The lowest BCUT2D eigenvalue weighted by Crippen LogP contribution is -2.61. The number of carbonyl (C=O) groups is 3. The van der Waals surface area contributed by atoms with Gasteiger partial charge >= 0.3 is 5.97 Å². The second-order valence-electron chi connectivity index (χ2n) is 22.1. The summed E-state index contributed by atoms with van der Waals surface area (Å²) in [6, 6.07) is 7.64. The summed E-state index contributed by atoms with van der Waals surface area (Å²) in [5.41, 5.74) is -0.573. The van der Waals surface area contributed by atoms with Gasteiger partial charge in [0.2, 0.25) is 5.91 Å². The number of hydrogen-bond donors (Lipinski definition) is 6. The van der Waals surface area contributed by atoms with E-state index in [1.807, 2.05) is 51.0 Å². The Labute approximate surface area is 425 Å². The monoisotopic (exact) mass is 1020 g/mol. The summed E-state index contributed by atoms with van der Waals surface area (Å²) in [6.07, 6.45) is -5.60. The third kappa shape index (κ3) is 13.2. The van der Waals surface area contributed by atoms with Crippen LogP contribution in [0, 0.1) is 23.7 Å². The van der Waals surface area contributed by atoms with Crippen LogP contribution in [-0.4, -0.2) is 171 Å². The van der Waals surface area contributed by atoms with Crippen LogP contribution in [0.1, 0.15) is 137 Å². The molecule has 19 atom stereocenters. The Hall–Kier alpha value is -3.25. The van der Waals surface area contributed by atoms with Gasteiger partial charge in [0.1, 0.15) is 35.7 Å². The average Bonchev–Trinajstić information content (AvgIpc) is 4.01. The molecule has 1 unspecified atom stereocenters. The Bertz CT molecular complexity index is 2000. The minimum Gasteiger partial charge on any atom is -0.459 e. The number of ether oxygens (including phenoxy) is 7. The highest BCUT2D eigenvalue weighted by atomic mass is 16.7. The molecule has 20 heteroatoms. The van der Waals surface area contributed by atoms with Crippen LogP contribution >= 0.6 is 0 Å². The number of unbranched alkanes of at least 4 members (excludes halogenated alkanes) is 3. The Kier molecular flexibility index (Phi) is 19.8. The van der Waals surface area contributed by atoms with Gasteiger partial charge in [0, 0.05) is 56.8 Å². The number of Topliss-reactive ketones (excluding diaryl/α,β-unsaturated/α-hetero) is 1. The zero-order chi connectivity index (χ0) is 52.9. The molecule has 1 aromatic rings. The Balaban J connectivity index is 1.24. The quantitative estimate of drug-likeness (QED) is 0.0541. The van der Waals surface area contributed by atoms with E-state index in [0.29, 0.717) is 32.4 Å². The van der Waals surface area contributed by atoms with E-state index < -0.39 is 108 Å². The van der Waals surface area contributed by atoms with E-state index in [1.54, 1.807) is 40.1 Å². The van der Waals surface area contributed by atoms with Crippen LogP contribution in [0.4, 0.5) is 0 Å². The first-order valence-electron chi connectivity index (χ1n) is 26.2. The number of carbonyl (C=O) groups excluding carboxylic acids is 3. The number of rotatable bonds is 17. The highest BCUT2D eigenvalue weighted by molar-refractivity contribution is 5.84. The average molecular weight is 1020 g/mol. The Morgan fingerprint density at radius 2 is 1.69 bits per heavy atom. The van der Waals surface area contributed by atoms with E-state index in [2.05, 4.69) is 21.3 Å². The summed E-state index contributed by atoms with van der Waals surface area (Å²) < 4.78 is 45.1. The largest absolute Gasteiger partial charge is 0.459 e. The minimum atomic E-state index is -1.99. The number of methoxy groups -OCH3 is 1. The molecule has 6 N–H and O–H groups in total. The van der Waals surface area contributed by atoms with Gasteiger partial charge in [0.15, 0.2) is 12.6 Å². The molecule has 0 saturated carbocycles. The van der Waals surface area contributed by atoms with E-state index >= 15 is 0 Å². The van der Waals surface area contributed by atoms with E-state index in [0.717, 1.165) is 36.9 Å². The van der Waals surface area contributed by atoms with Crippen molar-refractivity contribution in [2.75, 3.05) is 33.9 Å². The van der Waals surface area contributed by atoms with Crippen molar-refractivity contribution in [2.45, 2.75) is 217 Å². The van der Waals surface area contributed by atoms with Crippen LogP contribution in [0.5, 0.6) is 0 Å². The maximum Gasteiger partial charge on any atom is 0.311 e. The number of amides is 1. The van der Waals surface area contributed by atoms with Crippen LogP contribution in [-0.2, 0) is 54.1 Å². The highest BCUT2D eigenvalue weighted by Crippen LogP contribution is 2.45. The van der Waals surface area contributed by atoms with Crippen molar-refractivity contribution in [3.05, 3.63) is 35.4 Å². The molecule has 6 rings (SSSR count).